The molecule has 2 N–H and O–H groups in total. The number of phenolic OH excluding ortho intramolecular Hbond substituents is 1. The molecule has 1 amide bonds. The van der Waals surface area contributed by atoms with Crippen molar-refractivity contribution in [2.45, 2.75) is 12.8 Å². The van der Waals surface area contributed by atoms with E-state index < -0.39 is 16.1 Å². The molecule has 0 aromatic heterocycles. The van der Waals surface area contributed by atoms with Crippen LogP contribution in [0.3, 0.4) is 0 Å². The van der Waals surface area contributed by atoms with Gasteiger partial charge in [-0.2, -0.15) is 8.42 Å². The van der Waals surface area contributed by atoms with Crippen LogP contribution >= 0.6 is 0 Å². The number of hydrogen-bond donors (Lipinski definition) is 2. The Balaban J connectivity index is 1.63. The van der Waals surface area contributed by atoms with Gasteiger partial charge in [0.25, 0.3) is 5.91 Å². The van der Waals surface area contributed by atoms with Gasteiger partial charge in [-0.25, -0.2) is 9.03 Å². The second kappa shape index (κ2) is 7.29. The number of hydrogen-bond acceptors (Lipinski definition) is 5. The third kappa shape index (κ3) is 3.84. The van der Waals surface area contributed by atoms with Gasteiger partial charge in [0.15, 0.2) is 0 Å². The maximum atomic E-state index is 12.1. The summed E-state index contributed by atoms with van der Waals surface area (Å²) in [6.07, 6.45) is 1.62. The molecule has 1 aliphatic heterocycles. The predicted molar refractivity (Wildman–Crippen MR) is 110 cm³/mol. The first-order chi connectivity index (χ1) is 13.9. The Labute approximate surface area is 168 Å². The number of phenols is 1. The molecule has 0 bridgehead atoms. The number of methoxy groups -OCH3 is 1. The third-order valence-corrected chi connectivity index (χ3v) is 6.32. The standard InChI is InChI=1S/C21H20N2O5S/c1-28-18-4-2-3-14(10-18)5-6-15-7-8-16-12-20(24)19(11-17(16)9-15)23-13-21(25)22-29(23,26)27/h2-4,7-12,24H,5-6,13H2,1H3,(H,22,25). The summed E-state index contributed by atoms with van der Waals surface area (Å²) in [5, 5.41) is 11.9. The number of aryl methyl sites for hydroxylation is 2. The monoisotopic (exact) mass is 412 g/mol. The maximum Gasteiger partial charge on any atom is 0.326 e. The van der Waals surface area contributed by atoms with Gasteiger partial charge in [-0.1, -0.05) is 30.3 Å². The highest BCUT2D eigenvalue weighted by molar-refractivity contribution is 7.92. The number of aromatic hydroxyl groups is 1. The molecule has 8 heteroatoms. The Morgan fingerprint density at radius 2 is 1.79 bits per heavy atom. The van der Waals surface area contributed by atoms with E-state index in [4.69, 9.17) is 4.74 Å². The first kappa shape index (κ1) is 19.1. The van der Waals surface area contributed by atoms with Crippen LogP contribution in [0.5, 0.6) is 11.5 Å². The van der Waals surface area contributed by atoms with E-state index in [0.29, 0.717) is 0 Å². The number of carbonyl (C=O) groups excluding carboxylic acids is 1. The summed E-state index contributed by atoms with van der Waals surface area (Å²) < 4.78 is 32.3. The topological polar surface area (TPSA) is 95.9 Å². The minimum absolute atomic E-state index is 0.0841. The Kier molecular flexibility index (Phi) is 4.79. The molecule has 1 heterocycles. The van der Waals surface area contributed by atoms with Gasteiger partial charge < -0.3 is 9.84 Å². The fourth-order valence-corrected chi connectivity index (χ4v) is 4.61. The number of fused-ring (bicyclic) bond motifs is 1. The van der Waals surface area contributed by atoms with Gasteiger partial charge in [-0.05, 0) is 59.0 Å². The smallest absolute Gasteiger partial charge is 0.326 e. The van der Waals surface area contributed by atoms with Gasteiger partial charge in [0.2, 0.25) is 0 Å². The number of nitrogens with zero attached hydrogens (tertiary/aromatic N) is 1. The Morgan fingerprint density at radius 3 is 2.48 bits per heavy atom. The molecule has 1 aliphatic rings. The molecule has 1 saturated heterocycles. The molecule has 1 fully saturated rings. The molecule has 0 aliphatic carbocycles. The van der Waals surface area contributed by atoms with Crippen molar-refractivity contribution in [3.63, 3.8) is 0 Å². The molecule has 0 radical (unpaired) electrons. The van der Waals surface area contributed by atoms with Crippen molar-refractivity contribution in [3.05, 3.63) is 65.7 Å². The molecule has 29 heavy (non-hydrogen) atoms. The first-order valence-corrected chi connectivity index (χ1v) is 10.5. The highest BCUT2D eigenvalue weighted by atomic mass is 32.2. The van der Waals surface area contributed by atoms with Crippen LogP contribution in [-0.2, 0) is 27.8 Å². The van der Waals surface area contributed by atoms with Crippen molar-refractivity contribution in [2.24, 2.45) is 0 Å². The minimum atomic E-state index is -3.98. The van der Waals surface area contributed by atoms with Gasteiger partial charge in [-0.3, -0.25) is 4.79 Å². The van der Waals surface area contributed by atoms with Crippen LogP contribution < -0.4 is 13.8 Å². The summed E-state index contributed by atoms with van der Waals surface area (Å²) in [5.41, 5.74) is 2.32. The molecule has 0 atom stereocenters. The number of ether oxygens (including phenoxy) is 1. The van der Waals surface area contributed by atoms with E-state index in [1.54, 1.807) is 13.2 Å². The average molecular weight is 412 g/mol. The maximum absolute atomic E-state index is 12.1. The van der Waals surface area contributed by atoms with Crippen molar-refractivity contribution >= 4 is 32.6 Å². The lowest BCUT2D eigenvalue weighted by Gasteiger charge is -2.17. The fraction of sp³-hybridized carbons (Fsp3) is 0.190. The number of carbonyl (C=O) groups is 1. The summed E-state index contributed by atoms with van der Waals surface area (Å²) in [6, 6.07) is 16.8. The summed E-state index contributed by atoms with van der Waals surface area (Å²) in [7, 11) is -2.34. The largest absolute Gasteiger partial charge is 0.506 e. The summed E-state index contributed by atoms with van der Waals surface area (Å²) >= 11 is 0. The lowest BCUT2D eigenvalue weighted by atomic mass is 10.0. The Bertz CT molecular complexity index is 1210. The van der Waals surface area contributed by atoms with E-state index >= 15 is 0 Å². The fourth-order valence-electron chi connectivity index (χ4n) is 3.46. The minimum Gasteiger partial charge on any atom is -0.506 e. The Hall–Kier alpha value is -3.26. The number of amides is 1. The number of benzene rings is 3. The van der Waals surface area contributed by atoms with E-state index in [1.165, 1.54) is 6.07 Å². The lowest BCUT2D eigenvalue weighted by Crippen LogP contribution is -2.29. The van der Waals surface area contributed by atoms with Gasteiger partial charge in [0.05, 0.1) is 12.8 Å². The molecular weight excluding hydrogens is 392 g/mol. The number of rotatable bonds is 5. The SMILES string of the molecule is COc1cccc(CCc2ccc3cc(O)c(N4CC(=O)NS4(=O)=O)cc3c2)c1. The summed E-state index contributed by atoms with van der Waals surface area (Å²) in [5.74, 6) is -0.00523. The molecule has 150 valence electrons. The zero-order valence-electron chi connectivity index (χ0n) is 15.8. The van der Waals surface area contributed by atoms with E-state index in [1.807, 2.05) is 47.2 Å². The molecular formula is C21H20N2O5S. The zero-order chi connectivity index (χ0) is 20.6. The highest BCUT2D eigenvalue weighted by Gasteiger charge is 2.35. The molecule has 3 aromatic rings. The highest BCUT2D eigenvalue weighted by Crippen LogP contribution is 2.35. The predicted octanol–water partition coefficient (Wildman–Crippen LogP) is 2.52. The van der Waals surface area contributed by atoms with E-state index in [9.17, 15) is 18.3 Å². The Morgan fingerprint density at radius 1 is 1.03 bits per heavy atom. The normalized spacial score (nSPS) is 15.5. The molecule has 7 nitrogen and oxygen atoms in total. The van der Waals surface area contributed by atoms with Crippen LogP contribution in [-0.4, -0.2) is 33.1 Å². The molecule has 3 aromatic carbocycles. The van der Waals surface area contributed by atoms with Crippen molar-refractivity contribution in [1.29, 1.82) is 0 Å². The van der Waals surface area contributed by atoms with Crippen molar-refractivity contribution in [2.75, 3.05) is 18.0 Å². The number of nitrogens with one attached hydrogen (secondary N) is 1. The average Bonchev–Trinajstić information content (AvgIpc) is 2.97. The summed E-state index contributed by atoms with van der Waals surface area (Å²) in [6.45, 7) is -0.350. The molecule has 0 spiro atoms. The second-order valence-corrected chi connectivity index (χ2v) is 8.51. The van der Waals surface area contributed by atoms with Crippen molar-refractivity contribution in [3.8, 4) is 11.5 Å². The second-order valence-electron chi connectivity index (χ2n) is 6.91. The summed E-state index contributed by atoms with van der Waals surface area (Å²) in [4.78, 5) is 11.5. The van der Waals surface area contributed by atoms with Crippen LogP contribution in [0.1, 0.15) is 11.1 Å². The van der Waals surface area contributed by atoms with Crippen molar-refractivity contribution in [1.82, 2.24) is 4.72 Å². The quantitative estimate of drug-likeness (QED) is 0.671. The molecule has 0 saturated carbocycles. The van der Waals surface area contributed by atoms with E-state index in [-0.39, 0.29) is 18.0 Å². The van der Waals surface area contributed by atoms with Crippen LogP contribution in [0, 0.1) is 0 Å². The van der Waals surface area contributed by atoms with E-state index in [0.717, 1.165) is 44.8 Å². The van der Waals surface area contributed by atoms with Crippen LogP contribution in [0.15, 0.2) is 54.6 Å². The van der Waals surface area contributed by atoms with Crippen LogP contribution in [0.4, 0.5) is 5.69 Å². The zero-order valence-corrected chi connectivity index (χ0v) is 16.6. The van der Waals surface area contributed by atoms with E-state index in [2.05, 4.69) is 0 Å². The van der Waals surface area contributed by atoms with Crippen LogP contribution in [0.25, 0.3) is 10.8 Å². The first-order valence-electron chi connectivity index (χ1n) is 9.07. The third-order valence-electron chi connectivity index (χ3n) is 4.92. The van der Waals surface area contributed by atoms with Gasteiger partial charge >= 0.3 is 10.2 Å². The van der Waals surface area contributed by atoms with Gasteiger partial charge in [0.1, 0.15) is 18.0 Å². The molecule has 0 unspecified atom stereocenters. The van der Waals surface area contributed by atoms with Gasteiger partial charge in [0, 0.05) is 0 Å². The molecule has 4 rings (SSSR count). The van der Waals surface area contributed by atoms with Crippen LogP contribution in [0.2, 0.25) is 0 Å². The number of anilines is 1. The van der Waals surface area contributed by atoms with Crippen molar-refractivity contribution < 1.29 is 23.1 Å². The van der Waals surface area contributed by atoms with Gasteiger partial charge in [-0.15, -0.1) is 0 Å². The lowest BCUT2D eigenvalue weighted by molar-refractivity contribution is -0.117.